The molecule has 2 heterocycles. The molecule has 1 aliphatic rings. The van der Waals surface area contributed by atoms with Crippen LogP contribution in [0.2, 0.25) is 0 Å². The van der Waals surface area contributed by atoms with Gasteiger partial charge in [-0.25, -0.2) is 0 Å². The summed E-state index contributed by atoms with van der Waals surface area (Å²) in [4.78, 5) is 12.7. The topological polar surface area (TPSA) is 108 Å². The Bertz CT molecular complexity index is 1140. The highest BCUT2D eigenvalue weighted by Crippen LogP contribution is 2.40. The van der Waals surface area contributed by atoms with Crippen molar-refractivity contribution < 1.29 is 24.1 Å². The van der Waals surface area contributed by atoms with Crippen LogP contribution in [-0.4, -0.2) is 46.2 Å². The van der Waals surface area contributed by atoms with Crippen molar-refractivity contribution >= 4 is 5.91 Å². The molecule has 2 aromatic carbocycles. The lowest BCUT2D eigenvalue weighted by atomic mass is 9.98. The van der Waals surface area contributed by atoms with Crippen molar-refractivity contribution in [2.24, 2.45) is 0 Å². The summed E-state index contributed by atoms with van der Waals surface area (Å²) in [5.74, 6) is 1.90. The fourth-order valence-electron chi connectivity index (χ4n) is 3.51. The lowest BCUT2D eigenvalue weighted by Crippen LogP contribution is -2.26. The lowest BCUT2D eigenvalue weighted by Gasteiger charge is -2.16. The summed E-state index contributed by atoms with van der Waals surface area (Å²) in [6.45, 7) is 6.45. The number of nitrogens with one attached hydrogen (secondary N) is 1. The SMILES string of the molecule is CCNC(=O)c1nnc(-c2cc(C(C)C)c(OC)cc2O)n1-c1ccc2c(c1)OCO2. The lowest BCUT2D eigenvalue weighted by molar-refractivity contribution is 0.0943. The van der Waals surface area contributed by atoms with E-state index >= 15 is 0 Å². The van der Waals surface area contributed by atoms with E-state index in [0.29, 0.717) is 40.9 Å². The molecule has 9 heteroatoms. The Balaban J connectivity index is 1.94. The average Bonchev–Trinajstić information content (AvgIpc) is 3.39. The van der Waals surface area contributed by atoms with Crippen LogP contribution in [-0.2, 0) is 0 Å². The van der Waals surface area contributed by atoms with Gasteiger partial charge in [-0.05, 0) is 36.6 Å². The third kappa shape index (κ3) is 3.63. The number of phenols is 1. The molecule has 0 radical (unpaired) electrons. The fourth-order valence-corrected chi connectivity index (χ4v) is 3.51. The van der Waals surface area contributed by atoms with Crippen LogP contribution < -0.4 is 19.5 Å². The van der Waals surface area contributed by atoms with Gasteiger partial charge in [-0.15, -0.1) is 10.2 Å². The first-order chi connectivity index (χ1) is 14.9. The predicted octanol–water partition coefficient (Wildman–Crippen LogP) is 3.25. The summed E-state index contributed by atoms with van der Waals surface area (Å²) in [5.41, 5.74) is 1.94. The number of nitrogens with zero attached hydrogens (tertiary/aromatic N) is 3. The second-order valence-corrected chi connectivity index (χ2v) is 7.35. The normalized spacial score (nSPS) is 12.3. The molecule has 0 bridgehead atoms. The molecule has 9 nitrogen and oxygen atoms in total. The molecule has 1 amide bonds. The minimum Gasteiger partial charge on any atom is -0.507 e. The molecule has 0 fully saturated rings. The average molecular weight is 424 g/mol. The number of hydrogen-bond donors (Lipinski definition) is 2. The second-order valence-electron chi connectivity index (χ2n) is 7.35. The Hall–Kier alpha value is -3.75. The Labute approximate surface area is 179 Å². The highest BCUT2D eigenvalue weighted by molar-refractivity contribution is 5.92. The molecular formula is C22H24N4O5. The van der Waals surface area contributed by atoms with Crippen LogP contribution in [0.3, 0.4) is 0 Å². The van der Waals surface area contributed by atoms with Crippen LogP contribution in [0.25, 0.3) is 17.1 Å². The van der Waals surface area contributed by atoms with E-state index in [1.54, 1.807) is 35.9 Å². The first-order valence-corrected chi connectivity index (χ1v) is 9.99. The van der Waals surface area contributed by atoms with E-state index in [1.807, 2.05) is 26.8 Å². The van der Waals surface area contributed by atoms with Gasteiger partial charge < -0.3 is 24.6 Å². The van der Waals surface area contributed by atoms with Gasteiger partial charge in [0.2, 0.25) is 12.6 Å². The molecule has 2 N–H and O–H groups in total. The number of phenolic OH excluding ortho intramolecular Hbond substituents is 1. The zero-order chi connectivity index (χ0) is 22.1. The first-order valence-electron chi connectivity index (χ1n) is 9.99. The molecular weight excluding hydrogens is 400 g/mol. The van der Waals surface area contributed by atoms with Gasteiger partial charge in [-0.3, -0.25) is 9.36 Å². The van der Waals surface area contributed by atoms with E-state index in [9.17, 15) is 9.90 Å². The monoisotopic (exact) mass is 424 g/mol. The molecule has 0 atom stereocenters. The van der Waals surface area contributed by atoms with Gasteiger partial charge in [0.05, 0.1) is 18.4 Å². The van der Waals surface area contributed by atoms with Crippen molar-refractivity contribution in [2.45, 2.75) is 26.7 Å². The van der Waals surface area contributed by atoms with Gasteiger partial charge in [0.25, 0.3) is 5.91 Å². The Morgan fingerprint density at radius 3 is 2.71 bits per heavy atom. The number of ether oxygens (including phenoxy) is 3. The predicted molar refractivity (Wildman–Crippen MR) is 113 cm³/mol. The molecule has 0 unspecified atom stereocenters. The standard InChI is InChI=1S/C22H24N4O5/c1-5-23-22(28)21-25-24-20(15-9-14(12(2)3)18(29-4)10-16(15)27)26(21)13-6-7-17-19(8-13)31-11-30-17/h6-10,12,27H,5,11H2,1-4H3,(H,23,28). The Morgan fingerprint density at radius 2 is 2.00 bits per heavy atom. The first kappa shape index (κ1) is 20.5. The van der Waals surface area contributed by atoms with Gasteiger partial charge >= 0.3 is 0 Å². The van der Waals surface area contributed by atoms with Crippen LogP contribution >= 0.6 is 0 Å². The minimum absolute atomic E-state index is 0.0295. The van der Waals surface area contributed by atoms with Crippen LogP contribution in [0.4, 0.5) is 0 Å². The molecule has 31 heavy (non-hydrogen) atoms. The third-order valence-electron chi connectivity index (χ3n) is 5.03. The quantitative estimate of drug-likeness (QED) is 0.625. The number of aromatic nitrogens is 3. The number of hydrogen-bond acceptors (Lipinski definition) is 7. The molecule has 162 valence electrons. The number of fused-ring (bicyclic) bond motifs is 1. The maximum Gasteiger partial charge on any atom is 0.289 e. The van der Waals surface area contributed by atoms with Crippen molar-refractivity contribution in [3.05, 3.63) is 41.7 Å². The largest absolute Gasteiger partial charge is 0.507 e. The third-order valence-corrected chi connectivity index (χ3v) is 5.03. The van der Waals surface area contributed by atoms with Crippen molar-refractivity contribution in [3.63, 3.8) is 0 Å². The smallest absolute Gasteiger partial charge is 0.289 e. The minimum atomic E-state index is -0.379. The van der Waals surface area contributed by atoms with E-state index in [2.05, 4.69) is 15.5 Å². The molecule has 0 saturated carbocycles. The molecule has 0 spiro atoms. The van der Waals surface area contributed by atoms with Crippen molar-refractivity contribution in [1.82, 2.24) is 20.1 Å². The number of amides is 1. The van der Waals surface area contributed by atoms with Crippen LogP contribution in [0.5, 0.6) is 23.0 Å². The number of methoxy groups -OCH3 is 1. The van der Waals surface area contributed by atoms with Crippen LogP contribution in [0.1, 0.15) is 42.9 Å². The van der Waals surface area contributed by atoms with Gasteiger partial charge in [0, 0.05) is 18.7 Å². The molecule has 1 aliphatic heterocycles. The Kier molecular flexibility index (Phi) is 5.41. The second kappa shape index (κ2) is 8.17. The number of benzene rings is 2. The maximum atomic E-state index is 12.7. The molecule has 0 saturated heterocycles. The van der Waals surface area contributed by atoms with Crippen molar-refractivity contribution in [3.8, 4) is 40.1 Å². The fraction of sp³-hybridized carbons (Fsp3) is 0.318. The van der Waals surface area contributed by atoms with E-state index in [4.69, 9.17) is 14.2 Å². The van der Waals surface area contributed by atoms with Gasteiger partial charge in [-0.2, -0.15) is 0 Å². The van der Waals surface area contributed by atoms with Crippen molar-refractivity contribution in [2.75, 3.05) is 20.4 Å². The molecule has 3 aromatic rings. The Morgan fingerprint density at radius 1 is 1.23 bits per heavy atom. The number of carbonyl (C=O) groups is 1. The summed E-state index contributed by atoms with van der Waals surface area (Å²) in [6.07, 6.45) is 0. The van der Waals surface area contributed by atoms with Gasteiger partial charge in [0.1, 0.15) is 11.5 Å². The zero-order valence-corrected chi connectivity index (χ0v) is 17.8. The van der Waals surface area contributed by atoms with Gasteiger partial charge in [0.15, 0.2) is 17.3 Å². The van der Waals surface area contributed by atoms with Crippen molar-refractivity contribution in [1.29, 1.82) is 0 Å². The maximum absolute atomic E-state index is 12.7. The molecule has 0 aliphatic carbocycles. The highest BCUT2D eigenvalue weighted by Gasteiger charge is 2.25. The summed E-state index contributed by atoms with van der Waals surface area (Å²) < 4.78 is 17.9. The number of carbonyl (C=O) groups excluding carboxylic acids is 1. The molecule has 4 rings (SSSR count). The molecule has 1 aromatic heterocycles. The summed E-state index contributed by atoms with van der Waals surface area (Å²) in [6, 6.07) is 8.66. The van der Waals surface area contributed by atoms with Crippen LogP contribution in [0, 0.1) is 0 Å². The number of rotatable bonds is 6. The summed E-state index contributed by atoms with van der Waals surface area (Å²) in [5, 5.41) is 21.9. The van der Waals surface area contributed by atoms with E-state index in [1.165, 1.54) is 0 Å². The zero-order valence-electron chi connectivity index (χ0n) is 17.8. The van der Waals surface area contributed by atoms with Crippen LogP contribution in [0.15, 0.2) is 30.3 Å². The highest BCUT2D eigenvalue weighted by atomic mass is 16.7. The number of aromatic hydroxyl groups is 1. The summed E-state index contributed by atoms with van der Waals surface area (Å²) in [7, 11) is 1.56. The summed E-state index contributed by atoms with van der Waals surface area (Å²) >= 11 is 0. The van der Waals surface area contributed by atoms with E-state index < -0.39 is 0 Å². The van der Waals surface area contributed by atoms with E-state index in [0.717, 1.165) is 5.56 Å². The van der Waals surface area contributed by atoms with E-state index in [-0.39, 0.29) is 30.2 Å². The van der Waals surface area contributed by atoms with Gasteiger partial charge in [-0.1, -0.05) is 13.8 Å².